The molecule has 4 aliphatic carbocycles. The fraction of sp³-hybridized carbons (Fsp3) is 0.926. The van der Waals surface area contributed by atoms with Gasteiger partial charge in [0, 0.05) is 0 Å². The minimum Gasteiger partial charge on any atom is -0.726 e. The molecule has 244 valence electrons. The minimum absolute atomic E-state index is 0. The summed E-state index contributed by atoms with van der Waals surface area (Å²) in [5, 5.41) is 0. The fourth-order valence-corrected chi connectivity index (χ4v) is 10.8. The normalized spacial score (nSPS) is 37.1. The van der Waals surface area contributed by atoms with Crippen LogP contribution in [-0.4, -0.2) is 57.2 Å². The third-order valence-electron chi connectivity index (χ3n) is 10.9. The van der Waals surface area contributed by atoms with Gasteiger partial charge in [-0.15, -0.1) is 0 Å². The SMILES string of the molecule is CC(C)CCC[C@@H](C)[C@H]1CC[C@H]2[C@@H]3C[C@H](OS(=O)(=O)[O-])[C@H]4C[C@H](OS(=O)(=O)[O-])[C@@H](OS(=O)(=O)[O-])C[C@]4(C)C3=CC[C@]12C.[Na+].[Na+].[Na+]. The maximum absolute atomic E-state index is 11.9. The molecule has 0 N–H and O–H groups in total. The maximum atomic E-state index is 11.9. The first-order valence-electron chi connectivity index (χ1n) is 14.8. The zero-order valence-electron chi connectivity index (χ0n) is 27.8. The molecule has 10 atom stereocenters. The van der Waals surface area contributed by atoms with Gasteiger partial charge in [-0.25, -0.2) is 25.3 Å². The van der Waals surface area contributed by atoms with E-state index in [1.54, 1.807) is 6.92 Å². The monoisotopic (exact) mass is 724 g/mol. The van der Waals surface area contributed by atoms with Crippen LogP contribution in [0.5, 0.6) is 0 Å². The Morgan fingerprint density at radius 1 is 0.778 bits per heavy atom. The van der Waals surface area contributed by atoms with Gasteiger partial charge >= 0.3 is 88.7 Å². The fourth-order valence-electron chi connectivity index (χ4n) is 9.32. The molecule has 3 saturated carbocycles. The second-order valence-corrected chi connectivity index (χ2v) is 16.9. The van der Waals surface area contributed by atoms with Crippen LogP contribution >= 0.6 is 0 Å². The van der Waals surface area contributed by atoms with Crippen molar-refractivity contribution in [1.29, 1.82) is 0 Å². The van der Waals surface area contributed by atoms with E-state index in [0.717, 1.165) is 44.1 Å². The summed E-state index contributed by atoms with van der Waals surface area (Å²) >= 11 is 0. The molecule has 0 aromatic heterocycles. The molecule has 3 fully saturated rings. The maximum Gasteiger partial charge on any atom is 1.00 e. The topological polar surface area (TPSA) is 199 Å². The van der Waals surface area contributed by atoms with Gasteiger partial charge in [0.05, 0.1) is 6.10 Å². The summed E-state index contributed by atoms with van der Waals surface area (Å²) in [6.07, 6.45) is 3.26. The Morgan fingerprint density at radius 3 is 1.84 bits per heavy atom. The van der Waals surface area contributed by atoms with Crippen LogP contribution in [0.25, 0.3) is 0 Å². The van der Waals surface area contributed by atoms with E-state index < -0.39 is 60.8 Å². The molecule has 0 heterocycles. The standard InChI is InChI=1S/C27H46O12S3.3Na/c1-16(2)7-6-8-17(3)19-9-10-20-18-13-23(37-40(28,29)30)22-14-24(38-41(31,32)33)25(39-42(34,35)36)15-27(22,5)21(18)11-12-26(19,20)4;;;/h11,16-20,22-25H,6-10,12-15H2,1-5H3,(H,28,29,30)(H,31,32,33)(H,34,35,36);;;/q;3*+1/p-3/t17-,18+,19-,20+,22-,23+,24+,25+,26-,27-;;;/m1.../s1. The molecule has 0 aliphatic heterocycles. The molecule has 0 aromatic rings. The van der Waals surface area contributed by atoms with Crippen molar-refractivity contribution in [3.05, 3.63) is 11.6 Å². The van der Waals surface area contributed by atoms with Gasteiger partial charge in [0.25, 0.3) is 0 Å². The summed E-state index contributed by atoms with van der Waals surface area (Å²) in [5.41, 5.74) is -0.171. The first-order chi connectivity index (χ1) is 19.1. The molecular weight excluding hydrogens is 681 g/mol. The molecule has 0 unspecified atom stereocenters. The van der Waals surface area contributed by atoms with E-state index in [1.165, 1.54) is 0 Å². The Morgan fingerprint density at radius 2 is 1.31 bits per heavy atom. The van der Waals surface area contributed by atoms with Crippen molar-refractivity contribution in [2.45, 2.75) is 111 Å². The number of fused-ring (bicyclic) bond motifs is 5. The summed E-state index contributed by atoms with van der Waals surface area (Å²) in [6.45, 7) is 10.8. The molecular formula is C27H43Na3O12S3. The summed E-state index contributed by atoms with van der Waals surface area (Å²) in [5.74, 6) is 0.682. The van der Waals surface area contributed by atoms with Gasteiger partial charge in [-0.3, -0.25) is 12.5 Å². The van der Waals surface area contributed by atoms with Crippen molar-refractivity contribution in [2.75, 3.05) is 0 Å². The third kappa shape index (κ3) is 10.9. The zero-order valence-corrected chi connectivity index (χ0v) is 36.2. The van der Waals surface area contributed by atoms with Crippen molar-refractivity contribution < 1.29 is 140 Å². The van der Waals surface area contributed by atoms with E-state index in [0.29, 0.717) is 17.8 Å². The Kier molecular flexibility index (Phi) is 16.9. The van der Waals surface area contributed by atoms with E-state index in [1.807, 2.05) is 0 Å². The first kappa shape index (κ1) is 45.4. The molecule has 0 spiro atoms. The molecule has 0 radical (unpaired) electrons. The van der Waals surface area contributed by atoms with Gasteiger partial charge in [-0.05, 0) is 84.9 Å². The minimum atomic E-state index is -5.35. The van der Waals surface area contributed by atoms with Crippen molar-refractivity contribution in [3.63, 3.8) is 0 Å². The largest absolute Gasteiger partial charge is 1.00 e. The molecule has 0 saturated heterocycles. The van der Waals surface area contributed by atoms with Gasteiger partial charge in [0.15, 0.2) is 0 Å². The first-order valence-corrected chi connectivity index (χ1v) is 18.8. The molecule has 4 aliphatic rings. The number of rotatable bonds is 11. The molecule has 0 bridgehead atoms. The number of hydrogen-bond donors (Lipinski definition) is 0. The molecule has 0 aromatic carbocycles. The van der Waals surface area contributed by atoms with Gasteiger partial charge in [-0.2, -0.15) is 0 Å². The number of allylic oxidation sites excluding steroid dienone is 2. The van der Waals surface area contributed by atoms with E-state index in [9.17, 15) is 38.9 Å². The van der Waals surface area contributed by atoms with Crippen molar-refractivity contribution in [2.24, 2.45) is 46.3 Å². The van der Waals surface area contributed by atoms with E-state index in [4.69, 9.17) is 8.37 Å². The van der Waals surface area contributed by atoms with Gasteiger partial charge in [0.2, 0.25) is 31.2 Å². The Labute approximate surface area is 336 Å². The van der Waals surface area contributed by atoms with Crippen molar-refractivity contribution in [1.82, 2.24) is 0 Å². The van der Waals surface area contributed by atoms with Crippen LogP contribution in [0.4, 0.5) is 0 Å². The summed E-state index contributed by atoms with van der Waals surface area (Å²) < 4.78 is 119. The molecule has 0 amide bonds. The van der Waals surface area contributed by atoms with Crippen LogP contribution in [0, 0.1) is 46.3 Å². The van der Waals surface area contributed by atoms with Crippen LogP contribution in [0.3, 0.4) is 0 Å². The molecule has 4 rings (SSSR count). The van der Waals surface area contributed by atoms with E-state index in [-0.39, 0.29) is 125 Å². The summed E-state index contributed by atoms with van der Waals surface area (Å²) in [7, 11) is -15.9. The summed E-state index contributed by atoms with van der Waals surface area (Å²) in [6, 6.07) is 0. The quantitative estimate of drug-likeness (QED) is 0.0851. The second kappa shape index (κ2) is 16.8. The predicted molar refractivity (Wildman–Crippen MR) is 148 cm³/mol. The summed E-state index contributed by atoms with van der Waals surface area (Å²) in [4.78, 5) is 0. The van der Waals surface area contributed by atoms with E-state index in [2.05, 4.69) is 38.0 Å². The second-order valence-electron chi connectivity index (χ2n) is 13.9. The third-order valence-corrected chi connectivity index (χ3v) is 12.4. The van der Waals surface area contributed by atoms with Crippen LogP contribution in [0.1, 0.15) is 92.4 Å². The van der Waals surface area contributed by atoms with Crippen LogP contribution in [0.15, 0.2) is 11.6 Å². The smallest absolute Gasteiger partial charge is 0.726 e. The van der Waals surface area contributed by atoms with Crippen molar-refractivity contribution in [3.8, 4) is 0 Å². The average Bonchev–Trinajstić information content (AvgIpc) is 3.14. The molecule has 18 heteroatoms. The number of hydrogen-bond acceptors (Lipinski definition) is 12. The Bertz CT molecular complexity index is 1370. The van der Waals surface area contributed by atoms with E-state index >= 15 is 0 Å². The van der Waals surface area contributed by atoms with Gasteiger partial charge in [-0.1, -0.05) is 65.5 Å². The van der Waals surface area contributed by atoms with Crippen LogP contribution in [0.2, 0.25) is 0 Å². The van der Waals surface area contributed by atoms with Gasteiger partial charge in [0.1, 0.15) is 12.2 Å². The van der Waals surface area contributed by atoms with Gasteiger partial charge < -0.3 is 13.7 Å². The zero-order chi connectivity index (χ0) is 31.5. The molecule has 45 heavy (non-hydrogen) atoms. The van der Waals surface area contributed by atoms with Crippen LogP contribution < -0.4 is 88.7 Å². The van der Waals surface area contributed by atoms with Crippen LogP contribution in [-0.2, 0) is 43.7 Å². The Hall–Kier alpha value is 2.35. The average molecular weight is 725 g/mol. The Balaban J connectivity index is 0.00000337. The predicted octanol–water partition coefficient (Wildman–Crippen LogP) is -5.20. The van der Waals surface area contributed by atoms with Crippen molar-refractivity contribution >= 4 is 31.2 Å². The molecule has 12 nitrogen and oxygen atoms in total.